The van der Waals surface area contributed by atoms with Crippen molar-refractivity contribution in [2.75, 3.05) is 0 Å². The van der Waals surface area contributed by atoms with Crippen LogP contribution in [0.4, 0.5) is 4.39 Å². The largest absolute Gasteiger partial charge is 0.478 e. The quantitative estimate of drug-likeness (QED) is 0.934. The highest BCUT2D eigenvalue weighted by Gasteiger charge is 2.17. The summed E-state index contributed by atoms with van der Waals surface area (Å²) in [5.41, 5.74) is -0.323. The zero-order valence-electron chi connectivity index (χ0n) is 9.38. The summed E-state index contributed by atoms with van der Waals surface area (Å²) in [6, 6.07) is 4.17. The molecule has 4 nitrogen and oxygen atoms in total. The van der Waals surface area contributed by atoms with Crippen LogP contribution >= 0.6 is 23.3 Å². The molecule has 0 bridgehead atoms. The van der Waals surface area contributed by atoms with Crippen LogP contribution in [0.25, 0.3) is 0 Å². The van der Waals surface area contributed by atoms with Gasteiger partial charge in [-0.15, -0.1) is 0 Å². The van der Waals surface area contributed by atoms with E-state index in [9.17, 15) is 9.18 Å². The summed E-state index contributed by atoms with van der Waals surface area (Å²) in [5, 5.41) is 8.99. The number of aromatic nitrogens is 2. The van der Waals surface area contributed by atoms with Crippen molar-refractivity contribution in [3.63, 3.8) is 0 Å². The van der Waals surface area contributed by atoms with E-state index in [1.807, 2.05) is 6.92 Å². The van der Waals surface area contributed by atoms with Crippen LogP contribution in [-0.2, 0) is 6.42 Å². The Morgan fingerprint density at radius 2 is 2.33 bits per heavy atom. The van der Waals surface area contributed by atoms with Gasteiger partial charge in [-0.05, 0) is 23.7 Å². The Morgan fingerprint density at radius 3 is 2.94 bits per heavy atom. The molecule has 0 atom stereocenters. The number of halogens is 1. The number of rotatable bonds is 4. The first-order valence-electron chi connectivity index (χ1n) is 5.14. The van der Waals surface area contributed by atoms with Crippen LogP contribution in [-0.4, -0.2) is 20.4 Å². The Labute approximate surface area is 111 Å². The molecule has 1 heterocycles. The maximum atomic E-state index is 13.4. The minimum absolute atomic E-state index is 0.323. The second-order valence-electron chi connectivity index (χ2n) is 3.35. The van der Waals surface area contributed by atoms with Gasteiger partial charge in [0.25, 0.3) is 0 Å². The van der Waals surface area contributed by atoms with E-state index in [0.717, 1.165) is 17.8 Å². The van der Waals surface area contributed by atoms with Gasteiger partial charge in [0.1, 0.15) is 17.2 Å². The summed E-state index contributed by atoms with van der Waals surface area (Å²) in [5.74, 6) is -1.32. The van der Waals surface area contributed by atoms with Crippen molar-refractivity contribution in [2.45, 2.75) is 22.6 Å². The molecule has 2 aromatic rings. The van der Waals surface area contributed by atoms with E-state index in [2.05, 4.69) is 9.36 Å². The fourth-order valence-electron chi connectivity index (χ4n) is 1.31. The van der Waals surface area contributed by atoms with Gasteiger partial charge in [0.15, 0.2) is 4.34 Å². The summed E-state index contributed by atoms with van der Waals surface area (Å²) >= 11 is 2.30. The van der Waals surface area contributed by atoms with Crippen molar-refractivity contribution >= 4 is 29.3 Å². The molecular weight excluding hydrogens is 275 g/mol. The predicted octanol–water partition coefficient (Wildman–Crippen LogP) is 3.09. The molecule has 0 spiro atoms. The molecule has 2 rings (SSSR count). The first-order chi connectivity index (χ1) is 8.61. The highest BCUT2D eigenvalue weighted by molar-refractivity contribution is 8.01. The molecule has 0 amide bonds. The van der Waals surface area contributed by atoms with Crippen LogP contribution in [0.3, 0.4) is 0 Å². The number of aryl methyl sites for hydroxylation is 1. The maximum absolute atomic E-state index is 13.4. The lowest BCUT2D eigenvalue weighted by Gasteiger charge is -2.03. The molecule has 0 saturated heterocycles. The maximum Gasteiger partial charge on any atom is 0.339 e. The summed E-state index contributed by atoms with van der Waals surface area (Å²) < 4.78 is 18.2. The smallest absolute Gasteiger partial charge is 0.339 e. The van der Waals surface area contributed by atoms with Gasteiger partial charge in [0.05, 0.1) is 0 Å². The number of aromatic carboxylic acids is 1. The molecule has 0 fully saturated rings. The predicted molar refractivity (Wildman–Crippen MR) is 66.8 cm³/mol. The number of hydrogen-bond acceptors (Lipinski definition) is 5. The topological polar surface area (TPSA) is 63.1 Å². The fourth-order valence-corrected chi connectivity index (χ4v) is 3.12. The Morgan fingerprint density at radius 1 is 1.56 bits per heavy atom. The first kappa shape index (κ1) is 13.0. The van der Waals surface area contributed by atoms with Crippen LogP contribution in [0.15, 0.2) is 27.4 Å². The van der Waals surface area contributed by atoms with E-state index in [-0.39, 0.29) is 5.56 Å². The van der Waals surface area contributed by atoms with Crippen LogP contribution in [0, 0.1) is 5.82 Å². The third-order valence-corrected chi connectivity index (χ3v) is 4.00. The zero-order valence-corrected chi connectivity index (χ0v) is 11.0. The summed E-state index contributed by atoms with van der Waals surface area (Å²) in [6.07, 6.45) is 0.714. The van der Waals surface area contributed by atoms with Crippen molar-refractivity contribution in [1.29, 1.82) is 0 Å². The molecule has 7 heteroatoms. The van der Waals surface area contributed by atoms with Gasteiger partial charge in [-0.3, -0.25) is 0 Å². The van der Waals surface area contributed by atoms with Crippen molar-refractivity contribution in [3.8, 4) is 0 Å². The average Bonchev–Trinajstić information content (AvgIpc) is 2.76. The highest BCUT2D eigenvalue weighted by atomic mass is 32.2. The Balaban J connectivity index is 2.34. The zero-order chi connectivity index (χ0) is 13.1. The second kappa shape index (κ2) is 5.45. The molecule has 0 radical (unpaired) electrons. The van der Waals surface area contributed by atoms with Gasteiger partial charge in [-0.25, -0.2) is 14.2 Å². The van der Waals surface area contributed by atoms with E-state index in [1.165, 1.54) is 17.6 Å². The molecule has 18 heavy (non-hydrogen) atoms. The lowest BCUT2D eigenvalue weighted by molar-refractivity contribution is 0.0688. The van der Waals surface area contributed by atoms with Gasteiger partial charge in [-0.1, -0.05) is 24.8 Å². The third-order valence-electron chi connectivity index (χ3n) is 2.15. The van der Waals surface area contributed by atoms with Crippen molar-refractivity contribution < 1.29 is 14.3 Å². The Kier molecular flexibility index (Phi) is 3.93. The molecular formula is C11H9FN2O2S2. The Hall–Kier alpha value is -1.47. The van der Waals surface area contributed by atoms with Crippen LogP contribution in [0.1, 0.15) is 23.1 Å². The lowest BCUT2D eigenvalue weighted by atomic mass is 10.2. The summed E-state index contributed by atoms with van der Waals surface area (Å²) in [6.45, 7) is 1.93. The third kappa shape index (κ3) is 2.68. The number of carboxylic acids is 1. The van der Waals surface area contributed by atoms with Crippen LogP contribution < -0.4 is 0 Å². The molecule has 0 aliphatic rings. The molecule has 1 aromatic heterocycles. The Bertz CT molecular complexity index is 586. The van der Waals surface area contributed by atoms with Crippen molar-refractivity contribution in [1.82, 2.24) is 9.36 Å². The number of carboxylic acid groups (broad SMARTS) is 1. The molecule has 94 valence electrons. The van der Waals surface area contributed by atoms with Crippen molar-refractivity contribution in [3.05, 3.63) is 35.4 Å². The van der Waals surface area contributed by atoms with Gasteiger partial charge in [-0.2, -0.15) is 4.37 Å². The van der Waals surface area contributed by atoms with E-state index in [1.54, 1.807) is 6.07 Å². The van der Waals surface area contributed by atoms with Gasteiger partial charge < -0.3 is 5.11 Å². The van der Waals surface area contributed by atoms with E-state index in [0.29, 0.717) is 21.5 Å². The minimum Gasteiger partial charge on any atom is -0.478 e. The number of carbonyl (C=O) groups is 1. The van der Waals surface area contributed by atoms with Crippen molar-refractivity contribution in [2.24, 2.45) is 0 Å². The van der Waals surface area contributed by atoms with E-state index < -0.39 is 11.8 Å². The normalized spacial score (nSPS) is 10.6. The number of benzene rings is 1. The molecule has 0 aliphatic carbocycles. The number of nitrogens with zero attached hydrogens (tertiary/aromatic N) is 2. The first-order valence-corrected chi connectivity index (χ1v) is 6.73. The second-order valence-corrected chi connectivity index (χ2v) is 5.39. The monoisotopic (exact) mass is 284 g/mol. The highest BCUT2D eigenvalue weighted by Crippen LogP contribution is 2.32. The van der Waals surface area contributed by atoms with Gasteiger partial charge >= 0.3 is 5.97 Å². The summed E-state index contributed by atoms with van der Waals surface area (Å²) in [4.78, 5) is 15.6. The average molecular weight is 284 g/mol. The number of hydrogen-bond donors (Lipinski definition) is 1. The van der Waals surface area contributed by atoms with Crippen LogP contribution in [0.5, 0.6) is 0 Å². The van der Waals surface area contributed by atoms with E-state index in [4.69, 9.17) is 5.11 Å². The molecule has 1 N–H and O–H groups in total. The molecule has 1 aromatic carbocycles. The fraction of sp³-hybridized carbons (Fsp3) is 0.182. The molecule has 0 aliphatic heterocycles. The standard InChI is InChI=1S/C11H9FN2O2S2/c1-2-8-13-11(18-14-8)17-7-5-3-4-6(12)9(7)10(15)16/h3-5H,2H2,1H3,(H,15,16). The molecule has 0 unspecified atom stereocenters. The summed E-state index contributed by atoms with van der Waals surface area (Å²) in [7, 11) is 0. The van der Waals surface area contributed by atoms with Crippen LogP contribution in [0.2, 0.25) is 0 Å². The lowest BCUT2D eigenvalue weighted by Crippen LogP contribution is -2.02. The molecule has 0 saturated carbocycles. The SMILES string of the molecule is CCc1nsc(Sc2cccc(F)c2C(=O)O)n1. The van der Waals surface area contributed by atoms with Gasteiger partial charge in [0.2, 0.25) is 0 Å². The van der Waals surface area contributed by atoms with Gasteiger partial charge in [0, 0.05) is 11.3 Å². The minimum atomic E-state index is -1.28. The van der Waals surface area contributed by atoms with E-state index >= 15 is 0 Å².